The Morgan fingerprint density at radius 1 is 0.810 bits per heavy atom. The van der Waals surface area contributed by atoms with E-state index in [4.69, 9.17) is 14.2 Å². The van der Waals surface area contributed by atoms with Crippen molar-refractivity contribution in [1.29, 1.82) is 0 Å². The van der Waals surface area contributed by atoms with Crippen LogP contribution in [0.3, 0.4) is 0 Å². The monoisotopic (exact) mass is 594 g/mol. The van der Waals surface area contributed by atoms with Gasteiger partial charge in [0.05, 0.1) is 12.7 Å². The van der Waals surface area contributed by atoms with Crippen LogP contribution in [0, 0.1) is 0 Å². The fourth-order valence-electron chi connectivity index (χ4n) is 4.95. The van der Waals surface area contributed by atoms with E-state index in [2.05, 4.69) is 19.9 Å². The van der Waals surface area contributed by atoms with Gasteiger partial charge in [0.1, 0.15) is 54.5 Å². The molecule has 4 aromatic heterocycles. The van der Waals surface area contributed by atoms with Crippen LogP contribution in [0.4, 0.5) is 0 Å². The second-order valence-electron chi connectivity index (χ2n) is 9.61. The summed E-state index contributed by atoms with van der Waals surface area (Å²) in [5.41, 5.74) is -4.00. The predicted octanol–water partition coefficient (Wildman–Crippen LogP) is -6.02. The molecule has 0 aromatic carbocycles. The van der Waals surface area contributed by atoms with Crippen molar-refractivity contribution >= 4 is 28.3 Å². The molecule has 21 nitrogen and oxygen atoms in total. The molecule has 0 radical (unpaired) electrons. The number of rotatable bonds is 6. The van der Waals surface area contributed by atoms with Crippen molar-refractivity contribution in [2.45, 2.75) is 55.2 Å². The minimum atomic E-state index is -2.18. The van der Waals surface area contributed by atoms with Gasteiger partial charge in [-0.3, -0.25) is 38.7 Å². The third-order valence-corrected chi connectivity index (χ3v) is 7.04. The summed E-state index contributed by atoms with van der Waals surface area (Å²) in [6.45, 7) is -0.709. The number of aliphatic hydroxyl groups excluding tert-OH is 5. The number of nitrogens with zero attached hydrogens (tertiary/aromatic N) is 4. The molecule has 5 unspecified atom stereocenters. The third kappa shape index (κ3) is 4.35. The van der Waals surface area contributed by atoms with Crippen LogP contribution in [-0.2, 0) is 19.0 Å². The maximum Gasteiger partial charge on any atom is 0.337 e. The number of nitrogens with one attached hydrogen (secondary N) is 4. The maximum atomic E-state index is 12.6. The van der Waals surface area contributed by atoms with Crippen LogP contribution < -0.4 is 22.5 Å². The zero-order valence-corrected chi connectivity index (χ0v) is 20.8. The summed E-state index contributed by atoms with van der Waals surface area (Å²) in [4.78, 5) is 76.2. The highest BCUT2D eigenvalue weighted by atomic mass is 16.6. The van der Waals surface area contributed by atoms with Gasteiger partial charge in [0, 0.05) is 0 Å². The molecule has 2 aliphatic heterocycles. The molecule has 4 aromatic rings. The number of aliphatic hydroxyl groups is 5. The number of aromatic amines is 4. The van der Waals surface area contributed by atoms with Gasteiger partial charge in [-0.2, -0.15) is 0 Å². The van der Waals surface area contributed by atoms with E-state index in [-0.39, 0.29) is 22.3 Å². The molecule has 0 bridgehead atoms. The van der Waals surface area contributed by atoms with E-state index in [0.29, 0.717) is 0 Å². The summed E-state index contributed by atoms with van der Waals surface area (Å²) in [7, 11) is 0. The normalized spacial score (nSPS) is 30.3. The molecule has 2 saturated heterocycles. The van der Waals surface area contributed by atoms with Crippen LogP contribution in [-0.4, -0.2) is 120 Å². The molecule has 9 N–H and O–H groups in total. The summed E-state index contributed by atoms with van der Waals surface area (Å²) in [6.07, 6.45) is -12.9. The average molecular weight is 594 g/mol. The maximum absolute atomic E-state index is 12.6. The number of H-pyrrole nitrogens is 4. The summed E-state index contributed by atoms with van der Waals surface area (Å²) >= 11 is 0. The lowest BCUT2D eigenvalue weighted by Crippen LogP contribution is -2.44. The fraction of sp³-hybridized carbons (Fsp3) is 0.476. The van der Waals surface area contributed by atoms with Gasteiger partial charge in [-0.1, -0.05) is 0 Å². The second kappa shape index (κ2) is 10.1. The topological polar surface area (TPSA) is 313 Å². The number of imidazole rings is 2. The lowest BCUT2D eigenvalue weighted by molar-refractivity contribution is -0.172. The Labute approximate surface area is 228 Å². The molecule has 6 heterocycles. The van der Waals surface area contributed by atoms with Crippen LogP contribution in [0.15, 0.2) is 31.8 Å². The Morgan fingerprint density at radius 2 is 1.31 bits per heavy atom. The number of esters is 1. The molecule has 0 amide bonds. The van der Waals surface area contributed by atoms with E-state index in [1.54, 1.807) is 0 Å². The zero-order valence-electron chi connectivity index (χ0n) is 20.8. The molecule has 0 spiro atoms. The van der Waals surface area contributed by atoms with E-state index >= 15 is 0 Å². The molecule has 0 saturated carbocycles. The molecular formula is C21H22N8O13. The Kier molecular flexibility index (Phi) is 6.64. The van der Waals surface area contributed by atoms with E-state index in [0.717, 1.165) is 21.8 Å². The molecule has 2 aliphatic rings. The van der Waals surface area contributed by atoms with Crippen LogP contribution >= 0.6 is 0 Å². The number of fused-ring (bicyclic) bond motifs is 2. The number of hydrogen-bond donors (Lipinski definition) is 9. The Bertz CT molecular complexity index is 1900. The van der Waals surface area contributed by atoms with Gasteiger partial charge >= 0.3 is 17.3 Å². The van der Waals surface area contributed by atoms with Gasteiger partial charge < -0.3 is 39.7 Å². The predicted molar refractivity (Wildman–Crippen MR) is 131 cm³/mol. The zero-order chi connectivity index (χ0) is 30.0. The fourth-order valence-corrected chi connectivity index (χ4v) is 4.95. The first kappa shape index (κ1) is 27.6. The first-order chi connectivity index (χ1) is 20.0. The van der Waals surface area contributed by atoms with Crippen LogP contribution in [0.2, 0.25) is 0 Å². The molecule has 42 heavy (non-hydrogen) atoms. The smallest absolute Gasteiger partial charge is 0.337 e. The van der Waals surface area contributed by atoms with Gasteiger partial charge in [-0.25, -0.2) is 24.4 Å². The number of carbonyl (C=O) groups excluding carboxylic acids is 1. The highest BCUT2D eigenvalue weighted by Gasteiger charge is 2.50. The van der Waals surface area contributed by atoms with E-state index in [9.17, 15) is 49.5 Å². The molecule has 6 rings (SSSR count). The largest absolute Gasteiger partial charge is 0.461 e. The van der Waals surface area contributed by atoms with Gasteiger partial charge in [-0.05, 0) is 0 Å². The van der Waals surface area contributed by atoms with Gasteiger partial charge in [0.25, 0.3) is 11.1 Å². The van der Waals surface area contributed by atoms with E-state index in [1.807, 2.05) is 9.97 Å². The quantitative estimate of drug-likeness (QED) is 0.0938. The van der Waals surface area contributed by atoms with Crippen LogP contribution in [0.25, 0.3) is 22.3 Å². The minimum Gasteiger partial charge on any atom is -0.461 e. The Balaban J connectivity index is 1.14. The Morgan fingerprint density at radius 3 is 1.86 bits per heavy atom. The van der Waals surface area contributed by atoms with Crippen molar-refractivity contribution in [1.82, 2.24) is 39.0 Å². The minimum absolute atomic E-state index is 0.104. The highest BCUT2D eigenvalue weighted by Crippen LogP contribution is 2.34. The van der Waals surface area contributed by atoms with Crippen molar-refractivity contribution in [3.63, 3.8) is 0 Å². The van der Waals surface area contributed by atoms with E-state index < -0.39 is 90.3 Å². The first-order valence-electron chi connectivity index (χ1n) is 12.2. The number of carbonyl (C=O) groups is 1. The number of hydrogen-bond acceptors (Lipinski definition) is 15. The molecule has 224 valence electrons. The molecule has 21 heteroatoms. The van der Waals surface area contributed by atoms with Gasteiger partial charge in [-0.15, -0.1) is 0 Å². The lowest BCUT2D eigenvalue weighted by Gasteiger charge is -2.21. The van der Waals surface area contributed by atoms with Crippen LogP contribution in [0.1, 0.15) is 12.5 Å². The standard InChI is InChI=1S/C21H22N8O13/c30-7-4(41-17(9(7)32)28-2-22-5-13(28)24-20(38)26-15(5)35)1-40-19(37)11(34)12-8(31)10(33)18(42-12)29-3-23-6-14(29)25-21(39)27-16(6)36/h2-4,7-12,17-18,30-34H,1H2,(H2,24,26,35,38)(H2,25,27,36,39)/t4-,7?,8?,9?,10?,11?,12+,17-,18-/m0/s1. The summed E-state index contributed by atoms with van der Waals surface area (Å²) in [5.74, 6) is -1.36. The molecule has 0 aliphatic carbocycles. The SMILES string of the molecule is O=C(OC[C@@H]1O[C@H](n2cnc3c(=O)[nH]c(=O)[nH]c32)C(O)C1O)C(O)[C@@H]1O[C@H](n2cnc3c(=O)[nH]c(=O)[nH]c32)C(O)C1O. The third-order valence-electron chi connectivity index (χ3n) is 7.04. The number of ether oxygens (including phenoxy) is 3. The average Bonchev–Trinajstić information content (AvgIpc) is 3.69. The molecular weight excluding hydrogens is 572 g/mol. The van der Waals surface area contributed by atoms with Crippen LogP contribution in [0.5, 0.6) is 0 Å². The lowest BCUT2D eigenvalue weighted by atomic mass is 10.1. The van der Waals surface area contributed by atoms with Gasteiger partial charge in [0.15, 0.2) is 29.6 Å². The summed E-state index contributed by atoms with van der Waals surface area (Å²) in [5, 5.41) is 52.5. The molecule has 2 fully saturated rings. The first-order valence-corrected chi connectivity index (χ1v) is 12.2. The van der Waals surface area contributed by atoms with Gasteiger partial charge in [0.2, 0.25) is 0 Å². The summed E-state index contributed by atoms with van der Waals surface area (Å²) < 4.78 is 18.2. The van der Waals surface area contributed by atoms with Crippen molar-refractivity contribution < 1.29 is 44.5 Å². The highest BCUT2D eigenvalue weighted by molar-refractivity contribution is 5.75. The van der Waals surface area contributed by atoms with Crippen molar-refractivity contribution in [2.24, 2.45) is 0 Å². The number of aromatic nitrogens is 8. The second-order valence-corrected chi connectivity index (χ2v) is 9.61. The van der Waals surface area contributed by atoms with E-state index in [1.165, 1.54) is 0 Å². The summed E-state index contributed by atoms with van der Waals surface area (Å²) in [6, 6.07) is 0. The van der Waals surface area contributed by atoms with Crippen molar-refractivity contribution in [3.05, 3.63) is 54.3 Å². The van der Waals surface area contributed by atoms with Crippen molar-refractivity contribution in [3.8, 4) is 0 Å². The van der Waals surface area contributed by atoms with Crippen molar-refractivity contribution in [2.75, 3.05) is 6.61 Å². The Hall–Kier alpha value is -4.51. The molecule has 9 atom stereocenters.